The van der Waals surface area contributed by atoms with Crippen LogP contribution in [0, 0.1) is 0 Å². The Morgan fingerprint density at radius 2 is 1.88 bits per heavy atom. The average Bonchev–Trinajstić information content (AvgIpc) is 1.84. The fraction of sp³-hybridized carbons (Fsp3) is 1.00. The largest absolute Gasteiger partial charge is 0.390 e. The molecule has 0 heterocycles. The summed E-state index contributed by atoms with van der Waals surface area (Å²) in [6.45, 7) is 1.93. The van der Waals surface area contributed by atoms with Crippen LogP contribution in [-0.2, 0) is 0 Å². The smallest absolute Gasteiger partial charge is 0.0920 e. The molecule has 0 bridgehead atoms. The summed E-state index contributed by atoms with van der Waals surface area (Å²) >= 11 is 0. The Kier molecular flexibility index (Phi) is 3.77. The predicted octanol–water partition coefficient (Wildman–Crippen LogP) is -0.923. The zero-order valence-electron chi connectivity index (χ0n) is 5.04. The highest BCUT2D eigenvalue weighted by atomic mass is 16.3. The molecule has 0 saturated heterocycles. The minimum atomic E-state index is -0.750. The minimum Gasteiger partial charge on any atom is -0.390 e. The van der Waals surface area contributed by atoms with Gasteiger partial charge in [-0.15, -0.1) is 0 Å². The molecule has 0 unspecified atom stereocenters. The molecule has 0 rings (SSSR count). The van der Waals surface area contributed by atoms with Crippen LogP contribution in [0.5, 0.6) is 0 Å². The van der Waals surface area contributed by atoms with Gasteiger partial charge < -0.3 is 15.9 Å². The molecule has 0 aliphatic carbocycles. The molecule has 0 aromatic heterocycles. The fourth-order valence-corrected chi connectivity index (χ4v) is 0.429. The molecule has 0 radical (unpaired) electrons. The molecule has 0 amide bonds. The van der Waals surface area contributed by atoms with Crippen molar-refractivity contribution in [1.29, 1.82) is 0 Å². The van der Waals surface area contributed by atoms with Crippen LogP contribution < -0.4 is 5.73 Å². The van der Waals surface area contributed by atoms with Crippen molar-refractivity contribution >= 4 is 0 Å². The van der Waals surface area contributed by atoms with Gasteiger partial charge in [-0.2, -0.15) is 0 Å². The summed E-state index contributed by atoms with van der Waals surface area (Å²) in [5.74, 6) is 0. The normalized spacial score (nSPS) is 18.0. The highest BCUT2D eigenvalue weighted by Crippen LogP contribution is 1.94. The number of nitrogens with two attached hydrogens (primary N) is 1. The first-order valence-corrected chi connectivity index (χ1v) is 2.78. The van der Waals surface area contributed by atoms with E-state index in [0.717, 1.165) is 0 Å². The van der Waals surface area contributed by atoms with Crippen LogP contribution >= 0.6 is 0 Å². The Morgan fingerprint density at radius 3 is 2.00 bits per heavy atom. The van der Waals surface area contributed by atoms with E-state index in [-0.39, 0.29) is 6.54 Å². The van der Waals surface area contributed by atoms with E-state index in [4.69, 9.17) is 15.9 Å². The van der Waals surface area contributed by atoms with E-state index in [1.807, 2.05) is 0 Å². The lowest BCUT2D eigenvalue weighted by Crippen LogP contribution is -2.32. The molecule has 0 aromatic carbocycles. The van der Waals surface area contributed by atoms with Crippen LogP contribution in [0.2, 0.25) is 0 Å². The summed E-state index contributed by atoms with van der Waals surface area (Å²) in [7, 11) is 0. The molecule has 4 N–H and O–H groups in total. The monoisotopic (exact) mass is 119 g/mol. The van der Waals surface area contributed by atoms with Crippen LogP contribution in [0.4, 0.5) is 0 Å². The molecule has 0 aliphatic rings. The lowest BCUT2D eigenvalue weighted by atomic mass is 10.1. The Labute approximate surface area is 49.1 Å². The van der Waals surface area contributed by atoms with Crippen molar-refractivity contribution in [3.63, 3.8) is 0 Å². The highest BCUT2D eigenvalue weighted by Gasteiger charge is 2.10. The SMILES string of the molecule is CC[C@@H](O)[C@@H](O)CN. The minimum absolute atomic E-state index is 0.134. The maximum Gasteiger partial charge on any atom is 0.0920 e. The molecule has 8 heavy (non-hydrogen) atoms. The molecule has 0 saturated carbocycles. The Bertz CT molecular complexity index is 50.4. The predicted molar refractivity (Wildman–Crippen MR) is 31.4 cm³/mol. The number of aliphatic hydroxyl groups excluding tert-OH is 2. The summed E-state index contributed by atoms with van der Waals surface area (Å²) in [5, 5.41) is 17.5. The molecule has 3 heteroatoms. The van der Waals surface area contributed by atoms with Crippen molar-refractivity contribution in [2.45, 2.75) is 25.6 Å². The van der Waals surface area contributed by atoms with Crippen molar-refractivity contribution in [2.75, 3.05) is 6.54 Å². The maximum absolute atomic E-state index is 8.80. The Hall–Kier alpha value is -0.120. The van der Waals surface area contributed by atoms with Gasteiger partial charge in [-0.1, -0.05) is 6.92 Å². The third-order valence-corrected chi connectivity index (χ3v) is 1.10. The molecule has 0 spiro atoms. The van der Waals surface area contributed by atoms with Gasteiger partial charge in [0.2, 0.25) is 0 Å². The summed E-state index contributed by atoms with van der Waals surface area (Å²) in [5.41, 5.74) is 5.04. The van der Waals surface area contributed by atoms with Crippen LogP contribution in [-0.4, -0.2) is 29.0 Å². The molecule has 50 valence electrons. The summed E-state index contributed by atoms with van der Waals surface area (Å²) in [6, 6.07) is 0. The van der Waals surface area contributed by atoms with E-state index in [1.54, 1.807) is 6.92 Å². The quantitative estimate of drug-likeness (QED) is 0.450. The number of rotatable bonds is 3. The second kappa shape index (κ2) is 3.83. The van der Waals surface area contributed by atoms with Crippen molar-refractivity contribution in [3.8, 4) is 0 Å². The standard InChI is InChI=1S/C5H13NO2/c1-2-4(7)5(8)3-6/h4-5,7-8H,2-3,6H2,1H3/t4-,5+/m1/s1. The van der Waals surface area contributed by atoms with Gasteiger partial charge in [0, 0.05) is 6.54 Å². The van der Waals surface area contributed by atoms with Crippen LogP contribution in [0.25, 0.3) is 0 Å². The summed E-state index contributed by atoms with van der Waals surface area (Å²) in [4.78, 5) is 0. The Balaban J connectivity index is 3.29. The number of hydrogen-bond acceptors (Lipinski definition) is 3. The van der Waals surface area contributed by atoms with Crippen molar-refractivity contribution in [3.05, 3.63) is 0 Å². The lowest BCUT2D eigenvalue weighted by molar-refractivity contribution is 0.0234. The van der Waals surface area contributed by atoms with Crippen LogP contribution in [0.3, 0.4) is 0 Å². The third-order valence-electron chi connectivity index (χ3n) is 1.10. The van der Waals surface area contributed by atoms with Gasteiger partial charge in [-0.25, -0.2) is 0 Å². The van der Waals surface area contributed by atoms with Gasteiger partial charge in [-0.3, -0.25) is 0 Å². The summed E-state index contributed by atoms with van der Waals surface area (Å²) < 4.78 is 0. The number of hydrogen-bond donors (Lipinski definition) is 3. The Morgan fingerprint density at radius 1 is 1.38 bits per heavy atom. The molecular formula is C5H13NO2. The highest BCUT2D eigenvalue weighted by molar-refractivity contribution is 4.64. The molecular weight excluding hydrogens is 106 g/mol. The van der Waals surface area contributed by atoms with E-state index in [0.29, 0.717) is 6.42 Å². The topological polar surface area (TPSA) is 66.5 Å². The molecule has 0 fully saturated rings. The van der Waals surface area contributed by atoms with Gasteiger partial charge in [-0.05, 0) is 6.42 Å². The van der Waals surface area contributed by atoms with E-state index in [1.165, 1.54) is 0 Å². The second-order valence-electron chi connectivity index (χ2n) is 1.78. The second-order valence-corrected chi connectivity index (χ2v) is 1.78. The van der Waals surface area contributed by atoms with Gasteiger partial charge >= 0.3 is 0 Å². The summed E-state index contributed by atoms with van der Waals surface area (Å²) in [6.07, 6.45) is -0.849. The molecule has 2 atom stereocenters. The van der Waals surface area contributed by atoms with Crippen molar-refractivity contribution in [1.82, 2.24) is 0 Å². The zero-order chi connectivity index (χ0) is 6.57. The van der Waals surface area contributed by atoms with Gasteiger partial charge in [0.25, 0.3) is 0 Å². The van der Waals surface area contributed by atoms with Gasteiger partial charge in [0.1, 0.15) is 0 Å². The first-order valence-electron chi connectivity index (χ1n) is 2.78. The van der Waals surface area contributed by atoms with Crippen molar-refractivity contribution < 1.29 is 10.2 Å². The number of aliphatic hydroxyl groups is 2. The third kappa shape index (κ3) is 2.26. The van der Waals surface area contributed by atoms with E-state index >= 15 is 0 Å². The fourth-order valence-electron chi connectivity index (χ4n) is 0.429. The van der Waals surface area contributed by atoms with Crippen molar-refractivity contribution in [2.24, 2.45) is 5.73 Å². The molecule has 0 aliphatic heterocycles. The first kappa shape index (κ1) is 7.88. The van der Waals surface area contributed by atoms with Crippen LogP contribution in [0.15, 0.2) is 0 Å². The molecule has 0 aromatic rings. The first-order chi connectivity index (χ1) is 3.72. The van der Waals surface area contributed by atoms with E-state index in [2.05, 4.69) is 0 Å². The van der Waals surface area contributed by atoms with E-state index < -0.39 is 12.2 Å². The van der Waals surface area contributed by atoms with Gasteiger partial charge in [0.05, 0.1) is 12.2 Å². The molecule has 3 nitrogen and oxygen atoms in total. The maximum atomic E-state index is 8.80. The lowest BCUT2D eigenvalue weighted by Gasteiger charge is -2.12. The zero-order valence-corrected chi connectivity index (χ0v) is 5.04. The van der Waals surface area contributed by atoms with E-state index in [9.17, 15) is 0 Å². The average molecular weight is 119 g/mol. The van der Waals surface area contributed by atoms with Crippen LogP contribution in [0.1, 0.15) is 13.3 Å². The van der Waals surface area contributed by atoms with Gasteiger partial charge in [0.15, 0.2) is 0 Å².